The van der Waals surface area contributed by atoms with Crippen molar-refractivity contribution in [3.8, 4) is 17.1 Å². The molecule has 0 aliphatic carbocycles. The third-order valence-electron chi connectivity index (χ3n) is 3.81. The number of hydrogen-bond donors (Lipinski definition) is 0. The van der Waals surface area contributed by atoms with Crippen LogP contribution in [-0.4, -0.2) is 27.4 Å². The molecule has 0 N–H and O–H groups in total. The SMILES string of the molecule is COCCCN=c1cc(-c2ccc(OC)cc2)oc2ccccc12. The summed E-state index contributed by atoms with van der Waals surface area (Å²) in [6.07, 6.45) is 0.898. The van der Waals surface area contributed by atoms with Crippen LogP contribution in [0.3, 0.4) is 0 Å². The number of nitrogens with zero attached hydrogens (tertiary/aromatic N) is 1. The first-order valence-corrected chi connectivity index (χ1v) is 7.98. The normalized spacial score (nSPS) is 11.8. The maximum Gasteiger partial charge on any atom is 0.136 e. The molecule has 0 unspecified atom stereocenters. The quantitative estimate of drug-likeness (QED) is 0.643. The first kappa shape index (κ1) is 16.3. The maximum absolute atomic E-state index is 6.06. The summed E-state index contributed by atoms with van der Waals surface area (Å²) in [7, 11) is 3.37. The molecule has 1 aromatic heterocycles. The molecule has 0 aliphatic rings. The average molecular weight is 323 g/mol. The second kappa shape index (κ2) is 7.79. The van der Waals surface area contributed by atoms with Crippen LogP contribution in [0.15, 0.2) is 64.0 Å². The van der Waals surface area contributed by atoms with E-state index in [-0.39, 0.29) is 0 Å². The molecule has 24 heavy (non-hydrogen) atoms. The fraction of sp³-hybridized carbons (Fsp3) is 0.250. The number of methoxy groups -OCH3 is 2. The number of rotatable bonds is 6. The summed E-state index contributed by atoms with van der Waals surface area (Å²) in [5.41, 5.74) is 1.83. The average Bonchev–Trinajstić information content (AvgIpc) is 2.65. The minimum absolute atomic E-state index is 0.712. The van der Waals surface area contributed by atoms with E-state index in [1.54, 1.807) is 14.2 Å². The van der Waals surface area contributed by atoms with Crippen LogP contribution in [0.2, 0.25) is 0 Å². The van der Waals surface area contributed by atoms with Crippen molar-refractivity contribution in [3.63, 3.8) is 0 Å². The van der Waals surface area contributed by atoms with Gasteiger partial charge in [0.25, 0.3) is 0 Å². The van der Waals surface area contributed by atoms with Crippen LogP contribution < -0.4 is 10.1 Å². The molecule has 3 rings (SSSR count). The Morgan fingerprint density at radius 2 is 1.79 bits per heavy atom. The van der Waals surface area contributed by atoms with Crippen LogP contribution in [0, 0.1) is 0 Å². The smallest absolute Gasteiger partial charge is 0.136 e. The molecule has 1 heterocycles. The predicted molar refractivity (Wildman–Crippen MR) is 95.1 cm³/mol. The fourth-order valence-corrected chi connectivity index (χ4v) is 2.55. The van der Waals surface area contributed by atoms with Crippen molar-refractivity contribution < 1.29 is 13.9 Å². The summed E-state index contributed by atoms with van der Waals surface area (Å²) in [5, 5.41) is 1.96. The highest BCUT2D eigenvalue weighted by Gasteiger charge is 2.06. The van der Waals surface area contributed by atoms with Gasteiger partial charge in [-0.1, -0.05) is 12.1 Å². The lowest BCUT2D eigenvalue weighted by Crippen LogP contribution is -2.06. The van der Waals surface area contributed by atoms with Crippen molar-refractivity contribution in [2.75, 3.05) is 27.4 Å². The number of benzene rings is 2. The van der Waals surface area contributed by atoms with E-state index >= 15 is 0 Å². The van der Waals surface area contributed by atoms with E-state index < -0.39 is 0 Å². The van der Waals surface area contributed by atoms with E-state index in [0.717, 1.165) is 46.4 Å². The largest absolute Gasteiger partial charge is 0.497 e. The van der Waals surface area contributed by atoms with Crippen molar-refractivity contribution in [2.45, 2.75) is 6.42 Å². The zero-order chi connectivity index (χ0) is 16.8. The van der Waals surface area contributed by atoms with Crippen LogP contribution in [-0.2, 0) is 4.74 Å². The molecule has 0 spiro atoms. The second-order valence-corrected chi connectivity index (χ2v) is 5.45. The Bertz CT molecular complexity index is 866. The van der Waals surface area contributed by atoms with Crippen molar-refractivity contribution >= 4 is 11.0 Å². The molecule has 0 fully saturated rings. The molecule has 0 atom stereocenters. The topological polar surface area (TPSA) is 44.0 Å². The van der Waals surface area contributed by atoms with Crippen LogP contribution in [0.1, 0.15) is 6.42 Å². The molecule has 0 radical (unpaired) electrons. The van der Waals surface area contributed by atoms with Crippen LogP contribution in [0.25, 0.3) is 22.3 Å². The van der Waals surface area contributed by atoms with Crippen LogP contribution in [0.5, 0.6) is 5.75 Å². The van der Waals surface area contributed by atoms with Crippen molar-refractivity contribution in [3.05, 3.63) is 60.0 Å². The van der Waals surface area contributed by atoms with E-state index in [4.69, 9.17) is 18.9 Å². The van der Waals surface area contributed by atoms with Gasteiger partial charge in [0, 0.05) is 37.3 Å². The van der Waals surface area contributed by atoms with Gasteiger partial charge < -0.3 is 13.9 Å². The molecule has 4 heteroatoms. The van der Waals surface area contributed by atoms with E-state index in [2.05, 4.69) is 0 Å². The minimum atomic E-state index is 0.712. The highest BCUT2D eigenvalue weighted by molar-refractivity contribution is 5.78. The van der Waals surface area contributed by atoms with Gasteiger partial charge in [-0.05, 0) is 42.8 Å². The molecule has 4 nitrogen and oxygen atoms in total. The lowest BCUT2D eigenvalue weighted by Gasteiger charge is -2.06. The zero-order valence-electron chi connectivity index (χ0n) is 14.0. The van der Waals surface area contributed by atoms with Gasteiger partial charge in [0.2, 0.25) is 0 Å². The Kier molecular flexibility index (Phi) is 5.29. The first-order valence-electron chi connectivity index (χ1n) is 7.98. The fourth-order valence-electron chi connectivity index (χ4n) is 2.55. The van der Waals surface area contributed by atoms with E-state index in [9.17, 15) is 0 Å². The summed E-state index contributed by atoms with van der Waals surface area (Å²) in [4.78, 5) is 4.73. The highest BCUT2D eigenvalue weighted by atomic mass is 16.5. The molecule has 0 aliphatic heterocycles. The molecule has 0 saturated carbocycles. The summed E-state index contributed by atoms with van der Waals surface area (Å²) in [5.74, 6) is 1.62. The lowest BCUT2D eigenvalue weighted by atomic mass is 10.1. The summed E-state index contributed by atoms with van der Waals surface area (Å²) < 4.78 is 16.4. The number of hydrogen-bond acceptors (Lipinski definition) is 4. The highest BCUT2D eigenvalue weighted by Crippen LogP contribution is 2.24. The number of ether oxygens (including phenoxy) is 2. The van der Waals surface area contributed by atoms with Gasteiger partial charge in [-0.3, -0.25) is 4.99 Å². The van der Waals surface area contributed by atoms with Crippen molar-refractivity contribution in [2.24, 2.45) is 4.99 Å². The molecule has 0 saturated heterocycles. The third-order valence-corrected chi connectivity index (χ3v) is 3.81. The predicted octanol–water partition coefficient (Wildman–Crippen LogP) is 4.05. The molecule has 0 bridgehead atoms. The molecule has 2 aromatic carbocycles. The minimum Gasteiger partial charge on any atom is -0.497 e. The Morgan fingerprint density at radius 3 is 2.54 bits per heavy atom. The Labute approximate surface area is 141 Å². The van der Waals surface area contributed by atoms with E-state index in [1.165, 1.54) is 0 Å². The second-order valence-electron chi connectivity index (χ2n) is 5.45. The number of para-hydroxylation sites is 1. The van der Waals surface area contributed by atoms with Crippen LogP contribution >= 0.6 is 0 Å². The van der Waals surface area contributed by atoms with Gasteiger partial charge in [0.15, 0.2) is 0 Å². The summed E-state index contributed by atoms with van der Waals surface area (Å²) in [6.45, 7) is 1.44. The van der Waals surface area contributed by atoms with E-state index in [0.29, 0.717) is 6.61 Å². The van der Waals surface area contributed by atoms with Crippen LogP contribution in [0.4, 0.5) is 0 Å². The first-order chi connectivity index (χ1) is 11.8. The monoisotopic (exact) mass is 323 g/mol. The maximum atomic E-state index is 6.06. The molecular weight excluding hydrogens is 302 g/mol. The van der Waals surface area contributed by atoms with Gasteiger partial charge >= 0.3 is 0 Å². The van der Waals surface area contributed by atoms with Gasteiger partial charge in [0.1, 0.15) is 17.1 Å². The molecular formula is C20H21NO3. The third kappa shape index (κ3) is 3.66. The standard InChI is InChI=1S/C20H21NO3/c1-22-13-5-12-21-18-14-20(15-8-10-16(23-2)11-9-15)24-19-7-4-3-6-17(18)19/h3-4,6-11,14H,5,12-13H2,1-2H3. The van der Waals surface area contributed by atoms with Gasteiger partial charge in [-0.15, -0.1) is 0 Å². The molecule has 0 amide bonds. The zero-order valence-corrected chi connectivity index (χ0v) is 14.0. The molecule has 124 valence electrons. The molecule has 3 aromatic rings. The van der Waals surface area contributed by atoms with Crippen molar-refractivity contribution in [1.82, 2.24) is 0 Å². The number of fused-ring (bicyclic) bond motifs is 1. The summed E-state index contributed by atoms with van der Waals surface area (Å²) in [6, 6.07) is 17.8. The Hall–Kier alpha value is -2.59. The lowest BCUT2D eigenvalue weighted by molar-refractivity contribution is 0.196. The summed E-state index contributed by atoms with van der Waals surface area (Å²) >= 11 is 0. The van der Waals surface area contributed by atoms with Crippen molar-refractivity contribution in [1.29, 1.82) is 0 Å². The van der Waals surface area contributed by atoms with Gasteiger partial charge in [-0.25, -0.2) is 0 Å². The Balaban J connectivity index is 2.05. The van der Waals surface area contributed by atoms with E-state index in [1.807, 2.05) is 54.6 Å². The van der Waals surface area contributed by atoms with Gasteiger partial charge in [0.05, 0.1) is 12.5 Å². The van der Waals surface area contributed by atoms with Gasteiger partial charge in [-0.2, -0.15) is 0 Å². The Morgan fingerprint density at radius 1 is 1.00 bits per heavy atom.